The summed E-state index contributed by atoms with van der Waals surface area (Å²) in [5, 5.41) is 9.18. The van der Waals surface area contributed by atoms with Crippen molar-refractivity contribution in [3.63, 3.8) is 0 Å². The summed E-state index contributed by atoms with van der Waals surface area (Å²) >= 11 is 0. The highest BCUT2D eigenvalue weighted by Crippen LogP contribution is 2.44. The number of carboxylic acids is 1. The van der Waals surface area contributed by atoms with E-state index in [4.69, 9.17) is 10.5 Å². The van der Waals surface area contributed by atoms with Crippen LogP contribution in [0.15, 0.2) is 48.5 Å². The maximum atomic E-state index is 12.2. The summed E-state index contributed by atoms with van der Waals surface area (Å²) in [4.78, 5) is 23.5. The number of carbonyl (C=O) groups excluding carboxylic acids is 1. The molecule has 5 nitrogen and oxygen atoms in total. The fourth-order valence-corrected chi connectivity index (χ4v) is 3.11. The first-order valence-corrected chi connectivity index (χ1v) is 7.86. The Hall–Kier alpha value is -2.66. The summed E-state index contributed by atoms with van der Waals surface area (Å²) < 4.78 is 5.31. The van der Waals surface area contributed by atoms with Crippen LogP contribution in [0.3, 0.4) is 0 Å². The number of carboxylic acid groups (broad SMARTS) is 1. The van der Waals surface area contributed by atoms with E-state index < -0.39 is 17.5 Å². The van der Waals surface area contributed by atoms with Gasteiger partial charge in [0.2, 0.25) is 5.54 Å². The summed E-state index contributed by atoms with van der Waals surface area (Å²) in [5.41, 5.74) is 8.05. The van der Waals surface area contributed by atoms with E-state index in [1.807, 2.05) is 48.5 Å². The van der Waals surface area contributed by atoms with Crippen molar-refractivity contribution in [2.45, 2.75) is 24.8 Å². The molecule has 2 aromatic rings. The molecule has 3 N–H and O–H groups in total. The van der Waals surface area contributed by atoms with Crippen LogP contribution in [0.5, 0.6) is 0 Å². The molecule has 0 heterocycles. The molecule has 0 amide bonds. The number of carbonyl (C=O) groups is 2. The maximum absolute atomic E-state index is 12.2. The van der Waals surface area contributed by atoms with E-state index in [1.165, 1.54) is 0 Å². The van der Waals surface area contributed by atoms with Gasteiger partial charge in [0.1, 0.15) is 6.61 Å². The van der Waals surface area contributed by atoms with Crippen molar-refractivity contribution in [3.05, 3.63) is 59.7 Å². The fraction of sp³-hybridized carbons (Fsp3) is 0.263. The number of benzene rings is 2. The zero-order valence-corrected chi connectivity index (χ0v) is 13.4. The molecular weight excluding hydrogens is 306 g/mol. The molecule has 1 aliphatic carbocycles. The molecule has 0 saturated carbocycles. The van der Waals surface area contributed by atoms with Gasteiger partial charge in [-0.3, -0.25) is 0 Å². The number of esters is 1. The van der Waals surface area contributed by atoms with Gasteiger partial charge < -0.3 is 15.6 Å². The molecule has 0 aromatic heterocycles. The van der Waals surface area contributed by atoms with E-state index in [2.05, 4.69) is 0 Å². The van der Waals surface area contributed by atoms with Gasteiger partial charge in [-0.05, 0) is 28.7 Å². The summed E-state index contributed by atoms with van der Waals surface area (Å²) in [5.74, 6) is -2.39. The van der Waals surface area contributed by atoms with Gasteiger partial charge in [0.15, 0.2) is 0 Å². The zero-order valence-electron chi connectivity index (χ0n) is 13.4. The fourth-order valence-electron chi connectivity index (χ4n) is 3.11. The highest BCUT2D eigenvalue weighted by Gasteiger charge is 2.43. The lowest BCUT2D eigenvalue weighted by molar-refractivity contribution is -0.161. The molecule has 1 atom stereocenters. The first kappa shape index (κ1) is 16.2. The van der Waals surface area contributed by atoms with Crippen LogP contribution in [0.1, 0.15) is 30.4 Å². The van der Waals surface area contributed by atoms with Gasteiger partial charge in [0.05, 0.1) is 0 Å². The lowest BCUT2D eigenvalue weighted by Crippen LogP contribution is -2.55. The first-order chi connectivity index (χ1) is 11.5. The smallest absolute Gasteiger partial charge is 0.337 e. The van der Waals surface area contributed by atoms with E-state index in [0.29, 0.717) is 0 Å². The number of hydrogen-bond donors (Lipinski definition) is 2. The van der Waals surface area contributed by atoms with Gasteiger partial charge in [-0.2, -0.15) is 0 Å². The molecule has 0 bridgehead atoms. The molecule has 0 radical (unpaired) electrons. The molecule has 3 rings (SSSR count). The van der Waals surface area contributed by atoms with Gasteiger partial charge in [0.25, 0.3) is 0 Å². The number of rotatable bonds is 5. The van der Waals surface area contributed by atoms with E-state index in [9.17, 15) is 14.7 Å². The Morgan fingerprint density at radius 2 is 1.58 bits per heavy atom. The molecule has 24 heavy (non-hydrogen) atoms. The molecule has 1 aliphatic rings. The van der Waals surface area contributed by atoms with Gasteiger partial charge in [-0.1, -0.05) is 55.5 Å². The maximum Gasteiger partial charge on any atom is 0.337 e. The molecule has 0 aliphatic heterocycles. The third kappa shape index (κ3) is 2.47. The highest BCUT2D eigenvalue weighted by atomic mass is 16.5. The SMILES string of the molecule is CCC(N)(C(=O)O)C(=O)OCC1c2ccccc2-c2ccccc21. The van der Waals surface area contributed by atoms with Gasteiger partial charge in [0, 0.05) is 5.92 Å². The van der Waals surface area contributed by atoms with Crippen LogP contribution >= 0.6 is 0 Å². The van der Waals surface area contributed by atoms with Crippen molar-refractivity contribution in [2.24, 2.45) is 5.73 Å². The third-order valence-corrected chi connectivity index (χ3v) is 4.65. The molecule has 0 saturated heterocycles. The molecule has 0 spiro atoms. The largest absolute Gasteiger partial charge is 0.479 e. The van der Waals surface area contributed by atoms with Crippen molar-refractivity contribution >= 4 is 11.9 Å². The molecule has 0 fully saturated rings. The predicted molar refractivity (Wildman–Crippen MR) is 89.5 cm³/mol. The molecule has 1 unspecified atom stereocenters. The number of aliphatic carboxylic acids is 1. The lowest BCUT2D eigenvalue weighted by atomic mass is 9.96. The number of nitrogens with two attached hydrogens (primary N) is 1. The van der Waals surface area contributed by atoms with Crippen LogP contribution in [0.2, 0.25) is 0 Å². The van der Waals surface area contributed by atoms with Crippen molar-refractivity contribution in [1.29, 1.82) is 0 Å². The Labute approximate surface area is 140 Å². The second-order valence-electron chi connectivity index (χ2n) is 5.96. The highest BCUT2D eigenvalue weighted by molar-refractivity contribution is 6.03. The minimum absolute atomic E-state index is 0.0288. The van der Waals surface area contributed by atoms with Crippen molar-refractivity contribution < 1.29 is 19.4 Å². The summed E-state index contributed by atoms with van der Waals surface area (Å²) in [7, 11) is 0. The second-order valence-corrected chi connectivity index (χ2v) is 5.96. The molecule has 2 aromatic carbocycles. The summed E-state index contributed by atoms with van der Waals surface area (Å²) in [6.07, 6.45) is -0.0288. The van der Waals surface area contributed by atoms with E-state index in [-0.39, 0.29) is 18.9 Å². The average Bonchev–Trinajstić information content (AvgIpc) is 2.92. The molecule has 5 heteroatoms. The van der Waals surface area contributed by atoms with E-state index >= 15 is 0 Å². The van der Waals surface area contributed by atoms with Crippen LogP contribution in [0.4, 0.5) is 0 Å². The standard InChI is InChI=1S/C19H19NO4/c1-2-19(20,17(21)22)18(23)24-11-16-14-9-5-3-7-12(14)13-8-4-6-10-15(13)16/h3-10,16H,2,11,20H2,1H3,(H,21,22). The minimum atomic E-state index is -2.00. The Morgan fingerprint density at radius 1 is 1.08 bits per heavy atom. The summed E-state index contributed by atoms with van der Waals surface area (Å²) in [6, 6.07) is 15.9. The van der Waals surface area contributed by atoms with Crippen LogP contribution < -0.4 is 5.73 Å². The van der Waals surface area contributed by atoms with Gasteiger partial charge in [-0.15, -0.1) is 0 Å². The lowest BCUT2D eigenvalue weighted by Gasteiger charge is -2.22. The minimum Gasteiger partial charge on any atom is -0.479 e. The van der Waals surface area contributed by atoms with Crippen LogP contribution in [0.25, 0.3) is 11.1 Å². The van der Waals surface area contributed by atoms with Crippen molar-refractivity contribution in [2.75, 3.05) is 6.61 Å². The van der Waals surface area contributed by atoms with Crippen LogP contribution in [0, 0.1) is 0 Å². The number of fused-ring (bicyclic) bond motifs is 3. The average molecular weight is 325 g/mol. The van der Waals surface area contributed by atoms with Crippen molar-refractivity contribution in [1.82, 2.24) is 0 Å². The number of ether oxygens (including phenoxy) is 1. The topological polar surface area (TPSA) is 89.6 Å². The first-order valence-electron chi connectivity index (χ1n) is 7.86. The number of hydrogen-bond acceptors (Lipinski definition) is 4. The van der Waals surface area contributed by atoms with E-state index in [1.54, 1.807) is 6.92 Å². The third-order valence-electron chi connectivity index (χ3n) is 4.65. The van der Waals surface area contributed by atoms with Crippen LogP contribution in [-0.2, 0) is 14.3 Å². The normalized spacial score (nSPS) is 15.2. The Balaban J connectivity index is 1.86. The second kappa shape index (κ2) is 6.09. The van der Waals surface area contributed by atoms with E-state index in [0.717, 1.165) is 22.3 Å². The van der Waals surface area contributed by atoms with Gasteiger partial charge >= 0.3 is 11.9 Å². The predicted octanol–water partition coefficient (Wildman–Crippen LogP) is 2.53. The molecule has 124 valence electrons. The quantitative estimate of drug-likeness (QED) is 0.651. The van der Waals surface area contributed by atoms with Crippen LogP contribution in [-0.4, -0.2) is 29.2 Å². The Morgan fingerprint density at radius 3 is 2.04 bits per heavy atom. The molecular formula is C19H19NO4. The van der Waals surface area contributed by atoms with Gasteiger partial charge in [-0.25, -0.2) is 9.59 Å². The summed E-state index contributed by atoms with van der Waals surface area (Å²) in [6.45, 7) is 1.62. The Bertz CT molecular complexity index is 756. The monoisotopic (exact) mass is 325 g/mol. The zero-order chi connectivity index (χ0) is 17.3. The van der Waals surface area contributed by atoms with Crippen molar-refractivity contribution in [3.8, 4) is 11.1 Å². The Kier molecular flexibility index (Phi) is 4.11.